The Bertz CT molecular complexity index is 500. The Hall–Kier alpha value is -0.370. The van der Waals surface area contributed by atoms with Gasteiger partial charge < -0.3 is 5.11 Å². The molecule has 2 nitrogen and oxygen atoms in total. The topological polar surface area (TPSA) is 37.3 Å². The summed E-state index contributed by atoms with van der Waals surface area (Å²) in [4.78, 5) is 12.2. The number of hydrogen-bond donors (Lipinski definition) is 1. The fourth-order valence-corrected chi connectivity index (χ4v) is 8.09. The van der Waals surface area contributed by atoms with Crippen LogP contribution in [0.3, 0.4) is 0 Å². The average Bonchev–Trinajstić information content (AvgIpc) is 2.82. The molecule has 0 aromatic carbocycles. The smallest absolute Gasteiger partial charge is 0.133 e. The summed E-state index contributed by atoms with van der Waals surface area (Å²) in [5, 5.41) is 11.2. The molecule has 0 saturated heterocycles. The van der Waals surface area contributed by atoms with E-state index in [2.05, 4.69) is 13.8 Å². The van der Waals surface area contributed by atoms with Gasteiger partial charge in [-0.05, 0) is 86.4 Å². The lowest BCUT2D eigenvalue weighted by Crippen LogP contribution is -2.58. The predicted molar refractivity (Wildman–Crippen MR) is 91.9 cm³/mol. The molecule has 1 N–H and O–H groups in total. The van der Waals surface area contributed by atoms with Crippen molar-refractivity contribution in [2.24, 2.45) is 40.4 Å². The number of hydrogen-bond acceptors (Lipinski definition) is 2. The summed E-state index contributed by atoms with van der Waals surface area (Å²) in [5.41, 5.74) is 0.417. The molecule has 0 spiro atoms. The molecule has 0 radical (unpaired) electrons. The quantitative estimate of drug-likeness (QED) is 0.767. The first kappa shape index (κ1) is 16.1. The average molecular weight is 319 g/mol. The number of ketones is 1. The van der Waals surface area contributed by atoms with Crippen molar-refractivity contribution in [1.82, 2.24) is 0 Å². The lowest BCUT2D eigenvalue weighted by molar-refractivity contribution is -0.170. The van der Waals surface area contributed by atoms with Gasteiger partial charge in [0.15, 0.2) is 0 Å². The first-order chi connectivity index (χ1) is 10.9. The number of fused-ring (bicyclic) bond motifs is 5. The molecule has 4 aliphatic rings. The largest absolute Gasteiger partial charge is 0.393 e. The highest BCUT2D eigenvalue weighted by molar-refractivity contribution is 5.79. The molecule has 23 heavy (non-hydrogen) atoms. The SMILES string of the molecule is CC(=O)[C@H]1CCC2C3CCC4CCCC[C@]4(C)C3C(O)C[C@@]21C. The minimum atomic E-state index is -0.188. The van der Waals surface area contributed by atoms with E-state index in [1.165, 1.54) is 44.9 Å². The van der Waals surface area contributed by atoms with Crippen LogP contribution in [-0.4, -0.2) is 17.0 Å². The maximum Gasteiger partial charge on any atom is 0.133 e. The van der Waals surface area contributed by atoms with Crippen LogP contribution in [-0.2, 0) is 4.79 Å². The molecule has 0 aromatic rings. The third-order valence-corrected chi connectivity index (χ3v) is 9.00. The summed E-state index contributed by atoms with van der Waals surface area (Å²) in [6.07, 6.45) is 11.1. The van der Waals surface area contributed by atoms with Gasteiger partial charge in [0.05, 0.1) is 6.10 Å². The van der Waals surface area contributed by atoms with Crippen molar-refractivity contribution in [3.63, 3.8) is 0 Å². The van der Waals surface area contributed by atoms with Gasteiger partial charge in [0.1, 0.15) is 5.78 Å². The molecule has 4 aliphatic carbocycles. The van der Waals surface area contributed by atoms with Gasteiger partial charge in [-0.3, -0.25) is 4.79 Å². The van der Waals surface area contributed by atoms with Gasteiger partial charge in [0.25, 0.3) is 0 Å². The highest BCUT2D eigenvalue weighted by Crippen LogP contribution is 2.67. The van der Waals surface area contributed by atoms with Gasteiger partial charge in [-0.15, -0.1) is 0 Å². The molecule has 4 rings (SSSR count). The van der Waals surface area contributed by atoms with Crippen molar-refractivity contribution in [2.75, 3.05) is 0 Å². The van der Waals surface area contributed by atoms with E-state index in [4.69, 9.17) is 0 Å². The Morgan fingerprint density at radius 1 is 1.00 bits per heavy atom. The van der Waals surface area contributed by atoms with E-state index >= 15 is 0 Å². The lowest BCUT2D eigenvalue weighted by atomic mass is 9.44. The number of Topliss-reactive ketones (excluding diaryl/α,β-unsaturated/α-hetero) is 1. The fraction of sp³-hybridized carbons (Fsp3) is 0.952. The molecule has 4 saturated carbocycles. The van der Waals surface area contributed by atoms with Gasteiger partial charge >= 0.3 is 0 Å². The Morgan fingerprint density at radius 2 is 1.78 bits per heavy atom. The van der Waals surface area contributed by atoms with Gasteiger partial charge in [-0.1, -0.05) is 26.7 Å². The van der Waals surface area contributed by atoms with Crippen LogP contribution >= 0.6 is 0 Å². The zero-order valence-corrected chi connectivity index (χ0v) is 15.2. The lowest BCUT2D eigenvalue weighted by Gasteiger charge is -2.62. The van der Waals surface area contributed by atoms with Crippen LogP contribution in [0.1, 0.15) is 78.6 Å². The number of aliphatic hydroxyl groups excluding tert-OH is 1. The first-order valence-corrected chi connectivity index (χ1v) is 10.1. The molecule has 0 bridgehead atoms. The number of carbonyl (C=O) groups excluding carboxylic acids is 1. The monoisotopic (exact) mass is 318 g/mol. The Balaban J connectivity index is 1.69. The van der Waals surface area contributed by atoms with Crippen LogP contribution in [0.5, 0.6) is 0 Å². The van der Waals surface area contributed by atoms with E-state index in [9.17, 15) is 9.90 Å². The Morgan fingerprint density at radius 3 is 2.52 bits per heavy atom. The number of carbonyl (C=O) groups is 1. The minimum absolute atomic E-state index is 0.0598. The maximum absolute atomic E-state index is 12.2. The van der Waals surface area contributed by atoms with Crippen molar-refractivity contribution < 1.29 is 9.90 Å². The number of rotatable bonds is 1. The fourth-order valence-electron chi connectivity index (χ4n) is 8.09. The highest BCUT2D eigenvalue weighted by atomic mass is 16.3. The standard InChI is InChI=1S/C21H34O2/c1-13(22)16-9-10-17-15-8-7-14-6-4-5-11-20(14,2)19(15)18(23)12-21(16,17)3/h14-19,23H,4-12H2,1-3H3/t14?,15?,16-,17?,18?,19?,20+,21-/m1/s1. The summed E-state index contributed by atoms with van der Waals surface area (Å²) < 4.78 is 0. The van der Waals surface area contributed by atoms with Crippen LogP contribution in [0.15, 0.2) is 0 Å². The Kier molecular flexibility index (Phi) is 3.72. The zero-order chi connectivity index (χ0) is 16.4. The van der Waals surface area contributed by atoms with E-state index < -0.39 is 0 Å². The molecule has 5 unspecified atom stereocenters. The van der Waals surface area contributed by atoms with Crippen LogP contribution in [0.4, 0.5) is 0 Å². The van der Waals surface area contributed by atoms with Gasteiger partial charge in [-0.2, -0.15) is 0 Å². The van der Waals surface area contributed by atoms with Crippen LogP contribution in [0.25, 0.3) is 0 Å². The van der Waals surface area contributed by atoms with Crippen LogP contribution < -0.4 is 0 Å². The van der Waals surface area contributed by atoms with Crippen molar-refractivity contribution in [3.8, 4) is 0 Å². The first-order valence-electron chi connectivity index (χ1n) is 10.1. The molecule has 0 heterocycles. The summed E-state index contributed by atoms with van der Waals surface area (Å²) in [5.74, 6) is 3.21. The molecule has 0 aromatic heterocycles. The normalized spacial score (nSPS) is 55.7. The molecule has 8 atom stereocenters. The number of aliphatic hydroxyl groups is 1. The molecule has 0 amide bonds. The molecular weight excluding hydrogens is 284 g/mol. The molecular formula is C21H34O2. The van der Waals surface area contributed by atoms with E-state index in [0.717, 1.165) is 18.8 Å². The predicted octanol–water partition coefficient (Wildman–Crippen LogP) is 4.60. The van der Waals surface area contributed by atoms with E-state index in [1.54, 1.807) is 6.92 Å². The Labute approximate surface area is 141 Å². The summed E-state index contributed by atoms with van der Waals surface area (Å²) >= 11 is 0. The van der Waals surface area contributed by atoms with Gasteiger partial charge in [0, 0.05) is 5.92 Å². The summed E-state index contributed by atoms with van der Waals surface area (Å²) in [6, 6.07) is 0. The second-order valence-electron chi connectivity index (χ2n) is 9.84. The van der Waals surface area contributed by atoms with E-state index in [-0.39, 0.29) is 17.4 Å². The third-order valence-electron chi connectivity index (χ3n) is 9.00. The molecule has 130 valence electrons. The summed E-state index contributed by atoms with van der Waals surface area (Å²) in [7, 11) is 0. The van der Waals surface area contributed by atoms with Crippen molar-refractivity contribution >= 4 is 5.78 Å². The zero-order valence-electron chi connectivity index (χ0n) is 15.2. The molecule has 4 fully saturated rings. The van der Waals surface area contributed by atoms with Crippen molar-refractivity contribution in [3.05, 3.63) is 0 Å². The van der Waals surface area contributed by atoms with Crippen LogP contribution in [0, 0.1) is 40.4 Å². The van der Waals surface area contributed by atoms with Gasteiger partial charge in [-0.25, -0.2) is 0 Å². The van der Waals surface area contributed by atoms with Crippen LogP contribution in [0.2, 0.25) is 0 Å². The molecule has 2 heteroatoms. The van der Waals surface area contributed by atoms with Gasteiger partial charge in [0.2, 0.25) is 0 Å². The third kappa shape index (κ3) is 2.12. The van der Waals surface area contributed by atoms with Crippen molar-refractivity contribution in [2.45, 2.75) is 84.7 Å². The second-order valence-corrected chi connectivity index (χ2v) is 9.84. The van der Waals surface area contributed by atoms with E-state index in [1.807, 2.05) is 0 Å². The summed E-state index contributed by atoms with van der Waals surface area (Å²) in [6.45, 7) is 6.60. The minimum Gasteiger partial charge on any atom is -0.393 e. The highest BCUT2D eigenvalue weighted by Gasteiger charge is 2.63. The molecule has 0 aliphatic heterocycles. The maximum atomic E-state index is 12.2. The van der Waals surface area contributed by atoms with Crippen molar-refractivity contribution in [1.29, 1.82) is 0 Å². The second kappa shape index (κ2) is 5.31. The van der Waals surface area contributed by atoms with E-state index in [0.29, 0.717) is 29.0 Å².